The molecule has 0 spiro atoms. The molecule has 27 heavy (non-hydrogen) atoms. The van der Waals surface area contributed by atoms with Gasteiger partial charge in [-0.2, -0.15) is 5.10 Å². The molecule has 0 aliphatic carbocycles. The summed E-state index contributed by atoms with van der Waals surface area (Å²) in [7, 11) is 1.16. The Balaban J connectivity index is 2.01. The normalized spacial score (nSPS) is 21.4. The van der Waals surface area contributed by atoms with Gasteiger partial charge < -0.3 is 4.74 Å². The lowest BCUT2D eigenvalue weighted by Gasteiger charge is -2.21. The fraction of sp³-hybridized carbons (Fsp3) is 0.353. The average Bonchev–Trinajstić information content (AvgIpc) is 3.08. The third-order valence-electron chi connectivity index (χ3n) is 4.32. The summed E-state index contributed by atoms with van der Waals surface area (Å²) in [6, 6.07) is 3.31. The van der Waals surface area contributed by atoms with Gasteiger partial charge in [-0.1, -0.05) is 23.2 Å². The molecule has 1 aromatic carbocycles. The molecule has 0 saturated carbocycles. The molecular weight excluding hydrogens is 397 g/mol. The molecule has 1 saturated heterocycles. The lowest BCUT2D eigenvalue weighted by molar-refractivity contribution is -0.133. The molecule has 2 atom stereocenters. The van der Waals surface area contributed by atoms with Crippen LogP contribution in [0, 0.1) is 5.92 Å². The molecule has 8 nitrogen and oxygen atoms in total. The molecule has 0 radical (unpaired) electrons. The third-order valence-corrected chi connectivity index (χ3v) is 4.76. The van der Waals surface area contributed by atoms with E-state index in [-0.39, 0.29) is 40.2 Å². The molecule has 1 aromatic rings. The Morgan fingerprint density at radius 2 is 1.78 bits per heavy atom. The summed E-state index contributed by atoms with van der Waals surface area (Å²) < 4.78 is 4.69. The van der Waals surface area contributed by atoms with E-state index >= 15 is 0 Å². The number of hydrazone groups is 1. The van der Waals surface area contributed by atoms with Crippen molar-refractivity contribution >= 4 is 58.2 Å². The van der Waals surface area contributed by atoms with Gasteiger partial charge in [-0.25, -0.2) is 9.69 Å². The average molecular weight is 412 g/mol. The van der Waals surface area contributed by atoms with Crippen LogP contribution in [0.5, 0.6) is 0 Å². The molecule has 1 fully saturated rings. The number of imide groups is 1. The first-order valence-corrected chi connectivity index (χ1v) is 8.77. The summed E-state index contributed by atoms with van der Waals surface area (Å²) in [4.78, 5) is 50.3. The van der Waals surface area contributed by atoms with Crippen LogP contribution in [0.2, 0.25) is 10.0 Å². The van der Waals surface area contributed by atoms with Crippen LogP contribution in [-0.2, 0) is 23.9 Å². The highest BCUT2D eigenvalue weighted by atomic mass is 35.5. The number of carbonyl (C=O) groups excluding carboxylic acids is 4. The maximum absolute atomic E-state index is 13.0. The summed E-state index contributed by atoms with van der Waals surface area (Å²) in [6.45, 7) is 1.50. The van der Waals surface area contributed by atoms with Gasteiger partial charge in [-0.3, -0.25) is 19.4 Å². The number of Topliss-reactive ketones (excluding diaryl/α,β-unsaturated/α-hetero) is 1. The van der Waals surface area contributed by atoms with Gasteiger partial charge in [-0.15, -0.1) is 0 Å². The minimum Gasteiger partial charge on any atom is -0.464 e. The quantitative estimate of drug-likeness (QED) is 0.539. The standard InChI is InChI=1S/C17H15Cl2N3O5/c1-8(23)3-4-21-14-12(13(20-21)17(26)27-2)15(24)22(16(14)25)11-6-9(18)5-10(19)7-11/h5-7,12,14H,3-4H2,1-2H3. The number of hydrogen-bond acceptors (Lipinski definition) is 7. The fourth-order valence-corrected chi connectivity index (χ4v) is 3.66. The van der Waals surface area contributed by atoms with E-state index < -0.39 is 29.7 Å². The van der Waals surface area contributed by atoms with Crippen LogP contribution in [0.4, 0.5) is 5.69 Å². The third kappa shape index (κ3) is 3.42. The van der Waals surface area contributed by atoms with Gasteiger partial charge in [0, 0.05) is 23.0 Å². The molecule has 2 heterocycles. The number of carbonyl (C=O) groups is 4. The summed E-state index contributed by atoms with van der Waals surface area (Å²) >= 11 is 12.0. The van der Waals surface area contributed by atoms with E-state index in [1.807, 2.05) is 0 Å². The molecule has 2 amide bonds. The van der Waals surface area contributed by atoms with Crippen molar-refractivity contribution in [3.8, 4) is 0 Å². The molecule has 142 valence electrons. The zero-order valence-electron chi connectivity index (χ0n) is 14.4. The summed E-state index contributed by atoms with van der Waals surface area (Å²) in [6.07, 6.45) is 0.117. The Kier molecular flexibility index (Phi) is 5.21. The first-order chi connectivity index (χ1) is 12.7. The van der Waals surface area contributed by atoms with E-state index in [0.29, 0.717) is 0 Å². The molecular formula is C17H15Cl2N3O5. The number of methoxy groups -OCH3 is 1. The van der Waals surface area contributed by atoms with Crippen LogP contribution < -0.4 is 4.90 Å². The largest absolute Gasteiger partial charge is 0.464 e. The monoisotopic (exact) mass is 411 g/mol. The number of hydrogen-bond donors (Lipinski definition) is 0. The second-order valence-electron chi connectivity index (χ2n) is 6.15. The number of anilines is 1. The molecule has 2 aliphatic rings. The van der Waals surface area contributed by atoms with Gasteiger partial charge in [0.2, 0.25) is 5.91 Å². The number of ether oxygens (including phenoxy) is 1. The first kappa shape index (κ1) is 19.3. The van der Waals surface area contributed by atoms with E-state index in [1.165, 1.54) is 30.1 Å². The zero-order chi connectivity index (χ0) is 19.9. The van der Waals surface area contributed by atoms with Gasteiger partial charge in [0.1, 0.15) is 17.7 Å². The van der Waals surface area contributed by atoms with E-state index in [1.54, 1.807) is 0 Å². The van der Waals surface area contributed by atoms with Crippen LogP contribution in [-0.4, -0.2) is 54.0 Å². The van der Waals surface area contributed by atoms with E-state index in [4.69, 9.17) is 27.9 Å². The maximum Gasteiger partial charge on any atom is 0.355 e. The summed E-state index contributed by atoms with van der Waals surface area (Å²) in [5, 5.41) is 5.89. The number of rotatable bonds is 5. The number of esters is 1. The van der Waals surface area contributed by atoms with Crippen molar-refractivity contribution in [1.82, 2.24) is 5.01 Å². The Bertz CT molecular complexity index is 865. The van der Waals surface area contributed by atoms with Gasteiger partial charge in [0.25, 0.3) is 5.91 Å². The van der Waals surface area contributed by atoms with Crippen molar-refractivity contribution < 1.29 is 23.9 Å². The number of nitrogens with zero attached hydrogens (tertiary/aromatic N) is 3. The SMILES string of the molecule is COC(=O)C1=NN(CCC(C)=O)C2C(=O)N(c3cc(Cl)cc(Cl)c3)C(=O)C12. The molecule has 2 aliphatic heterocycles. The minimum atomic E-state index is -1.12. The fourth-order valence-electron chi connectivity index (χ4n) is 3.14. The van der Waals surface area contributed by atoms with Gasteiger partial charge in [-0.05, 0) is 25.1 Å². The van der Waals surface area contributed by atoms with Gasteiger partial charge in [0.15, 0.2) is 5.71 Å². The van der Waals surface area contributed by atoms with Crippen LogP contribution in [0.3, 0.4) is 0 Å². The first-order valence-electron chi connectivity index (χ1n) is 8.01. The second kappa shape index (κ2) is 7.28. The Hall–Kier alpha value is -2.45. The zero-order valence-corrected chi connectivity index (χ0v) is 16.0. The lowest BCUT2D eigenvalue weighted by atomic mass is 9.98. The van der Waals surface area contributed by atoms with Crippen molar-refractivity contribution in [2.75, 3.05) is 18.6 Å². The Morgan fingerprint density at radius 3 is 2.33 bits per heavy atom. The molecule has 2 unspecified atom stereocenters. The highest BCUT2D eigenvalue weighted by Crippen LogP contribution is 2.37. The minimum absolute atomic E-state index is 0.0974. The van der Waals surface area contributed by atoms with Crippen LogP contribution in [0.15, 0.2) is 23.3 Å². The second-order valence-corrected chi connectivity index (χ2v) is 7.03. The van der Waals surface area contributed by atoms with Crippen molar-refractivity contribution in [3.63, 3.8) is 0 Å². The topological polar surface area (TPSA) is 96.3 Å². The number of ketones is 1. The van der Waals surface area contributed by atoms with Crippen molar-refractivity contribution in [3.05, 3.63) is 28.2 Å². The van der Waals surface area contributed by atoms with E-state index in [0.717, 1.165) is 12.0 Å². The predicted molar refractivity (Wildman–Crippen MR) is 97.7 cm³/mol. The van der Waals surface area contributed by atoms with Gasteiger partial charge >= 0.3 is 5.97 Å². The van der Waals surface area contributed by atoms with Crippen LogP contribution in [0.25, 0.3) is 0 Å². The van der Waals surface area contributed by atoms with Crippen LogP contribution in [0.1, 0.15) is 13.3 Å². The smallest absolute Gasteiger partial charge is 0.355 e. The van der Waals surface area contributed by atoms with Crippen molar-refractivity contribution in [2.45, 2.75) is 19.4 Å². The summed E-state index contributed by atoms with van der Waals surface area (Å²) in [5.74, 6) is -3.23. The molecule has 3 rings (SSSR count). The molecule has 0 bridgehead atoms. The lowest BCUT2D eigenvalue weighted by Crippen LogP contribution is -2.40. The van der Waals surface area contributed by atoms with E-state index in [2.05, 4.69) is 5.10 Å². The highest BCUT2D eigenvalue weighted by molar-refractivity contribution is 6.46. The van der Waals surface area contributed by atoms with Crippen LogP contribution >= 0.6 is 23.2 Å². The Morgan fingerprint density at radius 1 is 1.15 bits per heavy atom. The number of benzene rings is 1. The molecule has 0 aromatic heterocycles. The highest BCUT2D eigenvalue weighted by Gasteiger charge is 2.58. The number of halogens is 2. The maximum atomic E-state index is 13.0. The van der Waals surface area contributed by atoms with E-state index in [9.17, 15) is 19.2 Å². The molecule has 0 N–H and O–H groups in total. The van der Waals surface area contributed by atoms with Crippen molar-refractivity contribution in [2.24, 2.45) is 11.0 Å². The number of amides is 2. The number of fused-ring (bicyclic) bond motifs is 1. The van der Waals surface area contributed by atoms with Gasteiger partial charge in [0.05, 0.1) is 12.8 Å². The van der Waals surface area contributed by atoms with Crippen molar-refractivity contribution in [1.29, 1.82) is 0 Å². The predicted octanol–water partition coefficient (Wildman–Crippen LogP) is 1.68. The Labute approximate surface area is 164 Å². The molecule has 10 heteroatoms. The summed E-state index contributed by atoms with van der Waals surface area (Å²) in [5.41, 5.74) is 0.0349.